The summed E-state index contributed by atoms with van der Waals surface area (Å²) < 4.78 is 0. The van der Waals surface area contributed by atoms with E-state index in [1.807, 2.05) is 91.0 Å². The first-order chi connectivity index (χ1) is 53.1. The predicted molar refractivity (Wildman–Crippen MR) is 408 cm³/mol. The Morgan fingerprint density at radius 1 is 0.491 bits per heavy atom. The number of carboxylic acid groups (broad SMARTS) is 1. The number of aromatic nitrogens is 4. The van der Waals surface area contributed by atoms with Crippen molar-refractivity contribution in [3.05, 3.63) is 245 Å². The first-order valence-electron chi connectivity index (χ1n) is 35.8. The van der Waals surface area contributed by atoms with Crippen LogP contribution in [0, 0.1) is 0 Å². The number of aromatic hydroxyl groups is 1. The molecule has 7 aromatic carbocycles. The molecule has 28 nitrogen and oxygen atoms in total. The zero-order valence-electron chi connectivity index (χ0n) is 59.8. The van der Waals surface area contributed by atoms with Gasteiger partial charge in [0, 0.05) is 105 Å². The highest BCUT2D eigenvalue weighted by Crippen LogP contribution is 2.25. The van der Waals surface area contributed by atoms with Crippen LogP contribution in [0.15, 0.2) is 201 Å². The number of halogens is 1. The number of benzene rings is 7. The van der Waals surface area contributed by atoms with E-state index in [4.69, 9.17) is 11.6 Å². The highest BCUT2D eigenvalue weighted by Gasteiger charge is 2.40. The standard InChI is InChI=1S/C81H83ClN14O14/c1-47(98)88-63(36-50-18-24-53-11-2-4-13-55(53)32-50)73(102)89-64(34-48-20-26-58(82)27-21-48)74(103)91-66(38-52-10-8-30-83-41-52)76(105)95-70(45-97)79(108)93-68(40-59-43-84-46-87-59)78(107)90-65(37-51-19-25-54-12-3-5-14-56(54)33-51)75(104)92-67(39-57-42-85-62-16-7-6-15-61(57)62)77(106)94-69(35-49-22-28-60(99)29-23-49)81(110)96-31-9-17-71(96)80(109)86-44-72(100)101/h2-8,10-16,18-30,32-33,41-43,46,63-71,85,97,99H,9,17,31,34-40,44-45H2,1H3,(H,84,87)(H,86,109)(H,88,98)(H,89,102)(H,90,107)(H,91,103)(H,92,104)(H,93,108)(H,94,106)(H,95,105)(H,100,101)/t63-,64-,65-,66-,67+,68+,69+,70+,71+/m1/s1. The average Bonchev–Trinajstić information content (AvgIpc) is 1.50. The number of para-hydroxylation sites is 1. The number of phenols is 1. The van der Waals surface area contributed by atoms with E-state index in [0.717, 1.165) is 21.5 Å². The van der Waals surface area contributed by atoms with Gasteiger partial charge in [0.05, 0.1) is 12.9 Å². The fraction of sp³-hybridized carbons (Fsp3) is 0.272. The SMILES string of the molecule is CC(=O)N[C@H](Cc1ccc2ccccc2c1)C(=O)N[C@H](Cc1ccc(Cl)cc1)C(=O)N[C@H](Cc1cccnc1)C(=O)N[C@@H](CO)C(=O)N[C@@H](Cc1cnc[nH]1)C(=O)N[C@H](Cc1ccc2ccccc2c1)C(=O)N[C@@H](Cc1c[nH]c2ccccc12)C(=O)N[C@@H](Cc1ccc(O)cc1)C(=O)N1CCC[C@H]1C(=O)NCC(=O)O. The molecule has 0 saturated carbocycles. The Bertz CT molecular complexity index is 4970. The Kier molecular flexibility index (Phi) is 26.4. The van der Waals surface area contributed by atoms with E-state index in [1.54, 1.807) is 72.9 Å². The van der Waals surface area contributed by atoms with Crippen molar-refractivity contribution >= 4 is 109 Å². The van der Waals surface area contributed by atoms with Gasteiger partial charge in [-0.2, -0.15) is 0 Å². The van der Waals surface area contributed by atoms with Crippen molar-refractivity contribution in [2.45, 2.75) is 119 Å². The molecule has 29 heteroatoms. The maximum atomic E-state index is 15.6. The molecule has 0 aliphatic carbocycles. The van der Waals surface area contributed by atoms with Crippen molar-refractivity contribution in [3.63, 3.8) is 0 Å². The second-order valence-corrected chi connectivity index (χ2v) is 27.5. The van der Waals surface area contributed by atoms with Crippen molar-refractivity contribution in [2.24, 2.45) is 0 Å². The van der Waals surface area contributed by atoms with Crippen LogP contribution in [0.2, 0.25) is 5.02 Å². The molecule has 0 spiro atoms. The smallest absolute Gasteiger partial charge is 0.322 e. The van der Waals surface area contributed by atoms with Crippen molar-refractivity contribution in [1.29, 1.82) is 0 Å². The molecule has 14 N–H and O–H groups in total. The van der Waals surface area contributed by atoms with Gasteiger partial charge in [0.2, 0.25) is 59.1 Å². The number of carbonyl (C=O) groups is 11. The Hall–Kier alpha value is -12.8. The molecule has 0 bridgehead atoms. The number of aliphatic hydroxyl groups is 1. The molecule has 110 heavy (non-hydrogen) atoms. The molecule has 1 saturated heterocycles. The second-order valence-electron chi connectivity index (χ2n) is 27.0. The molecule has 0 unspecified atom stereocenters. The lowest BCUT2D eigenvalue weighted by Gasteiger charge is -2.30. The number of pyridine rings is 1. The van der Waals surface area contributed by atoms with Gasteiger partial charge in [0.25, 0.3) is 0 Å². The van der Waals surface area contributed by atoms with Crippen LogP contribution in [-0.4, -0.2) is 179 Å². The van der Waals surface area contributed by atoms with Gasteiger partial charge in [-0.25, -0.2) is 4.98 Å². The van der Waals surface area contributed by atoms with Crippen LogP contribution >= 0.6 is 11.6 Å². The van der Waals surface area contributed by atoms with Crippen LogP contribution in [0.3, 0.4) is 0 Å². The summed E-state index contributed by atoms with van der Waals surface area (Å²) >= 11 is 6.26. The third-order valence-electron chi connectivity index (χ3n) is 19.0. The van der Waals surface area contributed by atoms with Gasteiger partial charge in [0.1, 0.15) is 66.7 Å². The number of H-pyrrole nitrogens is 2. The van der Waals surface area contributed by atoms with E-state index < -0.39 is 133 Å². The molecule has 1 aliphatic heterocycles. The van der Waals surface area contributed by atoms with E-state index in [-0.39, 0.29) is 63.7 Å². The van der Waals surface area contributed by atoms with Gasteiger partial charge in [0.15, 0.2) is 0 Å². The van der Waals surface area contributed by atoms with Crippen LogP contribution in [0.1, 0.15) is 58.8 Å². The molecule has 11 rings (SSSR count). The number of hydrogen-bond donors (Lipinski definition) is 14. The highest BCUT2D eigenvalue weighted by molar-refractivity contribution is 6.30. The lowest BCUT2D eigenvalue weighted by Crippen LogP contribution is -2.62. The monoisotopic (exact) mass is 1510 g/mol. The van der Waals surface area contributed by atoms with Crippen molar-refractivity contribution in [2.75, 3.05) is 19.7 Å². The highest BCUT2D eigenvalue weighted by atomic mass is 35.5. The number of amides is 10. The summed E-state index contributed by atoms with van der Waals surface area (Å²) in [5, 5.41) is 59.5. The number of aliphatic hydroxyl groups excluding tert-OH is 1. The van der Waals surface area contributed by atoms with Gasteiger partial charge in [-0.15, -0.1) is 0 Å². The Labute approximate surface area is 636 Å². The van der Waals surface area contributed by atoms with Crippen molar-refractivity contribution in [3.8, 4) is 5.75 Å². The van der Waals surface area contributed by atoms with E-state index in [9.17, 15) is 53.7 Å². The van der Waals surface area contributed by atoms with Gasteiger partial charge < -0.3 is 78.0 Å². The largest absolute Gasteiger partial charge is 0.508 e. The van der Waals surface area contributed by atoms with E-state index in [2.05, 4.69) is 67.8 Å². The third-order valence-corrected chi connectivity index (χ3v) is 19.3. The van der Waals surface area contributed by atoms with E-state index >= 15 is 14.4 Å². The molecule has 9 atom stereocenters. The minimum Gasteiger partial charge on any atom is -0.508 e. The summed E-state index contributed by atoms with van der Waals surface area (Å²) in [6.45, 7) is -0.421. The molecule has 0 radical (unpaired) electrons. The summed E-state index contributed by atoms with van der Waals surface area (Å²) in [7, 11) is 0. The van der Waals surface area contributed by atoms with E-state index in [0.29, 0.717) is 61.4 Å². The number of aromatic amines is 2. The minimum absolute atomic E-state index is 0.0337. The lowest BCUT2D eigenvalue weighted by molar-refractivity contribution is -0.143. The number of rotatable bonds is 34. The van der Waals surface area contributed by atoms with Crippen LogP contribution in [0.25, 0.3) is 32.4 Å². The topological polar surface area (TPSA) is 417 Å². The molecule has 10 aromatic rings. The number of hydrogen-bond acceptors (Lipinski definition) is 15. The minimum atomic E-state index is -1.83. The normalized spacial score (nSPS) is 14.8. The number of nitrogens with one attached hydrogen (secondary N) is 11. The molecular weight excluding hydrogens is 1430 g/mol. The number of phenolic OH excluding ortho intramolecular Hbond substituents is 1. The Balaban J connectivity index is 0.861. The number of fused-ring (bicyclic) bond motifs is 3. The molecule has 568 valence electrons. The van der Waals surface area contributed by atoms with Crippen molar-refractivity contribution < 1.29 is 68.1 Å². The molecule has 4 heterocycles. The fourth-order valence-electron chi connectivity index (χ4n) is 13.4. The van der Waals surface area contributed by atoms with Gasteiger partial charge in [-0.3, -0.25) is 57.7 Å². The third kappa shape index (κ3) is 21.3. The summed E-state index contributed by atoms with van der Waals surface area (Å²) in [5.74, 6) is -9.70. The first kappa shape index (κ1) is 78.3. The number of likely N-dealkylation sites (tertiary alicyclic amines) is 1. The summed E-state index contributed by atoms with van der Waals surface area (Å²) in [4.78, 5) is 174. The first-order valence-corrected chi connectivity index (χ1v) is 36.2. The summed E-state index contributed by atoms with van der Waals surface area (Å²) in [6, 6.07) is 35.8. The van der Waals surface area contributed by atoms with Crippen LogP contribution < -0.4 is 47.9 Å². The average molecular weight is 1510 g/mol. The van der Waals surface area contributed by atoms with Crippen LogP contribution in [-0.2, 0) is 97.7 Å². The quantitative estimate of drug-likeness (QED) is 0.0271. The Morgan fingerprint density at radius 2 is 0.964 bits per heavy atom. The van der Waals surface area contributed by atoms with Gasteiger partial charge >= 0.3 is 5.97 Å². The van der Waals surface area contributed by atoms with E-state index in [1.165, 1.54) is 48.9 Å². The zero-order valence-corrected chi connectivity index (χ0v) is 60.5. The number of carbonyl (C=O) groups excluding carboxylic acids is 10. The molecule has 3 aromatic heterocycles. The van der Waals surface area contributed by atoms with Crippen LogP contribution in [0.4, 0.5) is 0 Å². The zero-order chi connectivity index (χ0) is 77.8. The molecule has 1 fully saturated rings. The van der Waals surface area contributed by atoms with Gasteiger partial charge in [-0.05, 0) is 104 Å². The number of imidazole rings is 1. The lowest BCUT2D eigenvalue weighted by atomic mass is 9.99. The number of aliphatic carboxylic acids is 1. The number of nitrogens with zero attached hydrogens (tertiary/aromatic N) is 3. The maximum Gasteiger partial charge on any atom is 0.322 e. The molecule has 10 amide bonds. The fourth-order valence-corrected chi connectivity index (χ4v) is 13.5. The second kappa shape index (κ2) is 37.1. The molecular formula is C81H83ClN14O14. The molecule has 1 aliphatic rings. The van der Waals surface area contributed by atoms with Crippen molar-refractivity contribution in [1.82, 2.24) is 72.7 Å². The predicted octanol–water partition coefficient (Wildman–Crippen LogP) is 4.03. The Morgan fingerprint density at radius 3 is 1.50 bits per heavy atom. The maximum absolute atomic E-state index is 15.6. The number of carboxylic acids is 1. The summed E-state index contributed by atoms with van der Waals surface area (Å²) in [5.41, 5.74) is 4.32. The van der Waals surface area contributed by atoms with Gasteiger partial charge in [-0.1, -0.05) is 145 Å². The summed E-state index contributed by atoms with van der Waals surface area (Å²) in [6.07, 6.45) is 6.65. The van der Waals surface area contributed by atoms with Crippen LogP contribution in [0.5, 0.6) is 5.75 Å².